The lowest BCUT2D eigenvalue weighted by atomic mass is 10.0. The van der Waals surface area contributed by atoms with E-state index in [1.165, 1.54) is 26.4 Å². The Morgan fingerprint density at radius 2 is 1.32 bits per heavy atom. The molecular formula is C27H22O6S. The van der Waals surface area contributed by atoms with Crippen LogP contribution in [0.5, 0.6) is 17.2 Å². The zero-order chi connectivity index (χ0) is 24.1. The molecule has 172 valence electrons. The van der Waals surface area contributed by atoms with Gasteiger partial charge in [-0.1, -0.05) is 60.7 Å². The Labute approximate surface area is 197 Å². The third-order valence-corrected chi connectivity index (χ3v) is 7.02. The van der Waals surface area contributed by atoms with Gasteiger partial charge in [0.1, 0.15) is 5.75 Å². The van der Waals surface area contributed by atoms with E-state index in [2.05, 4.69) is 0 Å². The van der Waals surface area contributed by atoms with Crippen molar-refractivity contribution in [3.05, 3.63) is 103 Å². The molecule has 0 aromatic heterocycles. The molecule has 4 rings (SSSR count). The Balaban J connectivity index is 1.94. The van der Waals surface area contributed by atoms with Gasteiger partial charge in [-0.15, -0.1) is 0 Å². The van der Waals surface area contributed by atoms with Crippen LogP contribution in [0.15, 0.2) is 102 Å². The van der Waals surface area contributed by atoms with Crippen LogP contribution in [0.3, 0.4) is 0 Å². The summed E-state index contributed by atoms with van der Waals surface area (Å²) in [6, 6.07) is 25.3. The molecule has 0 saturated heterocycles. The number of benzene rings is 4. The highest BCUT2D eigenvalue weighted by molar-refractivity contribution is 8.00. The highest BCUT2D eigenvalue weighted by Gasteiger charge is 2.28. The minimum absolute atomic E-state index is 0.0429. The fraction of sp³-hybridized carbons (Fsp3) is 0.0741. The van der Waals surface area contributed by atoms with Gasteiger partial charge in [-0.25, -0.2) is 13.2 Å². The fourth-order valence-corrected chi connectivity index (χ4v) is 5.13. The van der Waals surface area contributed by atoms with E-state index in [1.54, 1.807) is 60.7 Å². The Kier molecular flexibility index (Phi) is 6.65. The van der Waals surface area contributed by atoms with Crippen molar-refractivity contribution in [1.82, 2.24) is 0 Å². The lowest BCUT2D eigenvalue weighted by molar-refractivity contribution is -0.129. The quantitative estimate of drug-likeness (QED) is 0.206. The number of hydrogen-bond donors (Lipinski definition) is 0. The van der Waals surface area contributed by atoms with Crippen LogP contribution in [-0.2, 0) is 14.6 Å². The smallest absolute Gasteiger partial charge is 0.337 e. The van der Waals surface area contributed by atoms with Crippen molar-refractivity contribution in [2.75, 3.05) is 14.2 Å². The zero-order valence-corrected chi connectivity index (χ0v) is 19.4. The molecule has 6 nitrogen and oxygen atoms in total. The minimum Gasteiger partial charge on any atom is -0.496 e. The van der Waals surface area contributed by atoms with Gasteiger partial charge in [0.15, 0.2) is 11.5 Å². The molecule has 0 N–H and O–H groups in total. The molecule has 34 heavy (non-hydrogen) atoms. The molecule has 0 aliphatic rings. The van der Waals surface area contributed by atoms with Gasteiger partial charge in [-0.05, 0) is 41.1 Å². The molecule has 0 unspecified atom stereocenters. The van der Waals surface area contributed by atoms with Gasteiger partial charge in [0.25, 0.3) is 0 Å². The first-order valence-electron chi connectivity index (χ1n) is 10.4. The summed E-state index contributed by atoms with van der Waals surface area (Å²) in [5.41, 5.74) is 0.279. The maximum Gasteiger partial charge on any atom is 0.337 e. The molecule has 4 aromatic rings. The summed E-state index contributed by atoms with van der Waals surface area (Å²) in [5, 5.41) is 1.42. The highest BCUT2D eigenvalue weighted by atomic mass is 32.2. The van der Waals surface area contributed by atoms with Crippen molar-refractivity contribution in [2.24, 2.45) is 0 Å². The summed E-state index contributed by atoms with van der Waals surface area (Å²) in [4.78, 5) is 12.8. The number of ether oxygens (including phenoxy) is 3. The van der Waals surface area contributed by atoms with E-state index in [-0.39, 0.29) is 21.1 Å². The normalized spacial score (nSPS) is 11.8. The topological polar surface area (TPSA) is 78.9 Å². The first kappa shape index (κ1) is 23.1. The van der Waals surface area contributed by atoms with Crippen molar-refractivity contribution < 1.29 is 27.4 Å². The van der Waals surface area contributed by atoms with Crippen molar-refractivity contribution in [3.8, 4) is 17.2 Å². The molecule has 0 atom stereocenters. The molecule has 0 bridgehead atoms. The Morgan fingerprint density at radius 3 is 2.03 bits per heavy atom. The van der Waals surface area contributed by atoms with Gasteiger partial charge in [0, 0.05) is 11.6 Å². The molecule has 0 heterocycles. The number of esters is 1. The molecule has 4 aromatic carbocycles. The second-order valence-corrected chi connectivity index (χ2v) is 9.18. The fourth-order valence-electron chi connectivity index (χ4n) is 3.63. The minimum atomic E-state index is -4.13. The number of carbonyl (C=O) groups is 1. The number of hydrogen-bond acceptors (Lipinski definition) is 6. The number of carbonyl (C=O) groups excluding carboxylic acids is 1. The van der Waals surface area contributed by atoms with Crippen LogP contribution < -0.4 is 14.2 Å². The van der Waals surface area contributed by atoms with Crippen LogP contribution >= 0.6 is 0 Å². The summed E-state index contributed by atoms with van der Waals surface area (Å²) in [7, 11) is -1.23. The number of rotatable bonds is 7. The first-order valence-corrected chi connectivity index (χ1v) is 11.9. The van der Waals surface area contributed by atoms with E-state index in [0.717, 1.165) is 11.5 Å². The van der Waals surface area contributed by atoms with Crippen LogP contribution in [0.1, 0.15) is 5.56 Å². The van der Waals surface area contributed by atoms with Crippen LogP contribution in [0, 0.1) is 0 Å². The lowest BCUT2D eigenvalue weighted by Crippen LogP contribution is -2.12. The van der Waals surface area contributed by atoms with E-state index in [9.17, 15) is 13.2 Å². The molecule has 7 heteroatoms. The standard InChI is InChI=1S/C27H22O6S/c1-31-22-14-8-9-15-23(22)33-26(28)18-25(34(29,30)20-11-4-3-5-12-20)27-21-13-7-6-10-19(21)16-17-24(27)32-2/h3-18H,1-2H3/b25-18+. The second kappa shape index (κ2) is 9.80. The Hall–Kier alpha value is -4.10. The number of sulfone groups is 1. The molecule has 0 spiro atoms. The summed E-state index contributed by atoms with van der Waals surface area (Å²) in [6.07, 6.45) is 0.985. The Bertz CT molecular complexity index is 1470. The molecule has 0 aliphatic heterocycles. The maximum atomic E-state index is 13.8. The SMILES string of the molecule is COc1ccccc1OC(=O)/C=C(\c1c(OC)ccc2ccccc12)S(=O)(=O)c1ccccc1. The van der Waals surface area contributed by atoms with Crippen molar-refractivity contribution in [2.45, 2.75) is 4.90 Å². The summed E-state index contributed by atoms with van der Waals surface area (Å²) in [6.45, 7) is 0. The average molecular weight is 475 g/mol. The highest BCUT2D eigenvalue weighted by Crippen LogP contribution is 2.39. The van der Waals surface area contributed by atoms with Gasteiger partial charge in [-0.3, -0.25) is 0 Å². The van der Waals surface area contributed by atoms with Crippen LogP contribution in [0.2, 0.25) is 0 Å². The van der Waals surface area contributed by atoms with Crippen molar-refractivity contribution in [1.29, 1.82) is 0 Å². The second-order valence-electron chi connectivity index (χ2n) is 7.26. The molecule has 0 saturated carbocycles. The van der Waals surface area contributed by atoms with Crippen LogP contribution in [0.4, 0.5) is 0 Å². The van der Waals surface area contributed by atoms with E-state index in [4.69, 9.17) is 14.2 Å². The molecule has 0 aliphatic carbocycles. The van der Waals surface area contributed by atoms with E-state index >= 15 is 0 Å². The predicted molar refractivity (Wildman–Crippen MR) is 131 cm³/mol. The molecule has 0 radical (unpaired) electrons. The Morgan fingerprint density at radius 1 is 0.706 bits per heavy atom. The average Bonchev–Trinajstić information content (AvgIpc) is 2.87. The monoisotopic (exact) mass is 474 g/mol. The summed E-state index contributed by atoms with van der Waals surface area (Å²) >= 11 is 0. The summed E-state index contributed by atoms with van der Waals surface area (Å²) < 4.78 is 43.8. The number of methoxy groups -OCH3 is 2. The third-order valence-electron chi connectivity index (χ3n) is 5.23. The first-order chi connectivity index (χ1) is 16.5. The number of para-hydroxylation sites is 2. The van der Waals surface area contributed by atoms with Crippen LogP contribution in [0.25, 0.3) is 15.7 Å². The predicted octanol–water partition coefficient (Wildman–Crippen LogP) is 5.28. The van der Waals surface area contributed by atoms with Gasteiger partial charge in [-0.2, -0.15) is 0 Å². The van der Waals surface area contributed by atoms with Gasteiger partial charge >= 0.3 is 5.97 Å². The molecule has 0 amide bonds. The van der Waals surface area contributed by atoms with Crippen molar-refractivity contribution >= 4 is 31.5 Å². The number of fused-ring (bicyclic) bond motifs is 1. The van der Waals surface area contributed by atoms with E-state index in [1.807, 2.05) is 18.2 Å². The van der Waals surface area contributed by atoms with Crippen LogP contribution in [-0.4, -0.2) is 28.6 Å². The van der Waals surface area contributed by atoms with Gasteiger partial charge in [0.2, 0.25) is 9.84 Å². The van der Waals surface area contributed by atoms with Crippen molar-refractivity contribution in [3.63, 3.8) is 0 Å². The van der Waals surface area contributed by atoms with Gasteiger partial charge < -0.3 is 14.2 Å². The molecular weight excluding hydrogens is 452 g/mol. The zero-order valence-electron chi connectivity index (χ0n) is 18.6. The van der Waals surface area contributed by atoms with Gasteiger partial charge in [0.05, 0.1) is 24.0 Å². The van der Waals surface area contributed by atoms with E-state index in [0.29, 0.717) is 16.9 Å². The maximum absolute atomic E-state index is 13.8. The summed E-state index contributed by atoms with van der Waals surface area (Å²) in [5.74, 6) is -0.0319. The third kappa shape index (κ3) is 4.51. The lowest BCUT2D eigenvalue weighted by Gasteiger charge is -2.16. The van der Waals surface area contributed by atoms with E-state index < -0.39 is 15.8 Å². The molecule has 0 fully saturated rings. The largest absolute Gasteiger partial charge is 0.496 e.